The summed E-state index contributed by atoms with van der Waals surface area (Å²) in [4.78, 5) is 35.6. The average molecular weight is 309 g/mol. The maximum atomic E-state index is 11.7. The SMILES string of the molecule is CCC1(COC(=O)CCCCCN2C(=O)C=CC2=O)COC1. The lowest BCUT2D eigenvalue weighted by Crippen LogP contribution is -2.46. The molecule has 0 aromatic carbocycles. The fourth-order valence-corrected chi connectivity index (χ4v) is 2.45. The number of carbonyl (C=O) groups excluding carboxylic acids is 3. The molecule has 6 nitrogen and oxygen atoms in total. The third kappa shape index (κ3) is 4.16. The van der Waals surface area contributed by atoms with E-state index in [1.165, 1.54) is 17.1 Å². The molecule has 0 unspecified atom stereocenters. The van der Waals surface area contributed by atoms with Crippen molar-refractivity contribution < 1.29 is 23.9 Å². The summed E-state index contributed by atoms with van der Waals surface area (Å²) in [6, 6.07) is 0. The summed E-state index contributed by atoms with van der Waals surface area (Å²) in [6.45, 7) is 4.26. The van der Waals surface area contributed by atoms with Crippen molar-refractivity contribution in [3.05, 3.63) is 12.2 Å². The third-order valence-corrected chi connectivity index (χ3v) is 4.27. The first kappa shape index (κ1) is 16.7. The van der Waals surface area contributed by atoms with Crippen molar-refractivity contribution in [3.8, 4) is 0 Å². The number of hydrogen-bond acceptors (Lipinski definition) is 5. The fourth-order valence-electron chi connectivity index (χ4n) is 2.45. The number of carbonyl (C=O) groups is 3. The molecule has 0 radical (unpaired) electrons. The Kier molecular flexibility index (Phi) is 5.71. The van der Waals surface area contributed by atoms with Gasteiger partial charge in [-0.15, -0.1) is 0 Å². The van der Waals surface area contributed by atoms with Crippen LogP contribution in [0, 0.1) is 5.41 Å². The van der Waals surface area contributed by atoms with Crippen LogP contribution >= 0.6 is 0 Å². The predicted molar refractivity (Wildman–Crippen MR) is 78.8 cm³/mol. The van der Waals surface area contributed by atoms with Gasteiger partial charge in [-0.1, -0.05) is 13.3 Å². The zero-order valence-electron chi connectivity index (χ0n) is 13.0. The molecule has 22 heavy (non-hydrogen) atoms. The van der Waals surface area contributed by atoms with Gasteiger partial charge in [0.25, 0.3) is 11.8 Å². The van der Waals surface area contributed by atoms with Crippen molar-refractivity contribution in [2.45, 2.75) is 39.0 Å². The molecule has 0 aromatic heterocycles. The van der Waals surface area contributed by atoms with Crippen LogP contribution < -0.4 is 0 Å². The summed E-state index contributed by atoms with van der Waals surface area (Å²) in [5, 5.41) is 0. The third-order valence-electron chi connectivity index (χ3n) is 4.27. The second kappa shape index (κ2) is 7.54. The monoisotopic (exact) mass is 309 g/mol. The van der Waals surface area contributed by atoms with E-state index in [1.807, 2.05) is 0 Å². The number of hydrogen-bond donors (Lipinski definition) is 0. The molecule has 0 atom stereocenters. The molecule has 0 saturated carbocycles. The van der Waals surface area contributed by atoms with Gasteiger partial charge >= 0.3 is 5.97 Å². The van der Waals surface area contributed by atoms with Crippen LogP contribution in [0.1, 0.15) is 39.0 Å². The van der Waals surface area contributed by atoms with Crippen LogP contribution in [-0.2, 0) is 23.9 Å². The Bertz CT molecular complexity index is 444. The van der Waals surface area contributed by atoms with Gasteiger partial charge in [-0.2, -0.15) is 0 Å². The van der Waals surface area contributed by atoms with E-state index in [0.717, 1.165) is 12.8 Å². The van der Waals surface area contributed by atoms with Crippen LogP contribution in [0.3, 0.4) is 0 Å². The summed E-state index contributed by atoms with van der Waals surface area (Å²) in [7, 11) is 0. The minimum Gasteiger partial charge on any atom is -0.465 e. The van der Waals surface area contributed by atoms with Crippen LogP contribution in [0.2, 0.25) is 0 Å². The smallest absolute Gasteiger partial charge is 0.305 e. The van der Waals surface area contributed by atoms with Crippen LogP contribution in [0.15, 0.2) is 12.2 Å². The van der Waals surface area contributed by atoms with Crippen LogP contribution in [0.25, 0.3) is 0 Å². The first-order valence-corrected chi connectivity index (χ1v) is 7.83. The van der Waals surface area contributed by atoms with E-state index < -0.39 is 0 Å². The molecule has 2 rings (SSSR count). The number of imide groups is 1. The molecule has 6 heteroatoms. The summed E-state index contributed by atoms with van der Waals surface area (Å²) in [5.74, 6) is -0.691. The number of nitrogens with zero attached hydrogens (tertiary/aromatic N) is 1. The summed E-state index contributed by atoms with van der Waals surface area (Å²) < 4.78 is 10.5. The molecule has 1 fully saturated rings. The summed E-state index contributed by atoms with van der Waals surface area (Å²) in [6.07, 6.45) is 6.10. The van der Waals surface area contributed by atoms with E-state index >= 15 is 0 Å². The fraction of sp³-hybridized carbons (Fsp3) is 0.688. The van der Waals surface area contributed by atoms with Gasteiger partial charge in [0.05, 0.1) is 18.6 Å². The van der Waals surface area contributed by atoms with Gasteiger partial charge in [0.1, 0.15) is 6.61 Å². The molecule has 122 valence electrons. The van der Waals surface area contributed by atoms with Crippen molar-refractivity contribution in [3.63, 3.8) is 0 Å². The molecule has 2 aliphatic heterocycles. The maximum absolute atomic E-state index is 11.7. The number of unbranched alkanes of at least 4 members (excludes halogenated alkanes) is 2. The molecule has 0 bridgehead atoms. The van der Waals surface area contributed by atoms with Crippen molar-refractivity contribution in [2.24, 2.45) is 5.41 Å². The Labute approximate surface area is 130 Å². The van der Waals surface area contributed by atoms with E-state index in [4.69, 9.17) is 9.47 Å². The quantitative estimate of drug-likeness (QED) is 0.366. The lowest BCUT2D eigenvalue weighted by atomic mass is 9.84. The standard InChI is InChI=1S/C16H23NO5/c1-2-16(10-21-11-16)12-22-15(20)6-4-3-5-9-17-13(18)7-8-14(17)19/h7-8H,2-6,9-12H2,1H3. The highest BCUT2D eigenvalue weighted by atomic mass is 16.5. The molecule has 0 spiro atoms. The molecule has 0 aliphatic carbocycles. The Morgan fingerprint density at radius 2 is 1.91 bits per heavy atom. The second-order valence-corrected chi connectivity index (χ2v) is 5.98. The normalized spacial score (nSPS) is 19.4. The molecular weight excluding hydrogens is 286 g/mol. The summed E-state index contributed by atoms with van der Waals surface area (Å²) in [5.41, 5.74) is 0.0269. The molecule has 1 saturated heterocycles. The van der Waals surface area contributed by atoms with Gasteiger partial charge in [0, 0.05) is 25.1 Å². The lowest BCUT2D eigenvalue weighted by Gasteiger charge is -2.39. The van der Waals surface area contributed by atoms with Crippen molar-refractivity contribution in [1.29, 1.82) is 0 Å². The van der Waals surface area contributed by atoms with E-state index in [9.17, 15) is 14.4 Å². The molecule has 2 aliphatic rings. The van der Waals surface area contributed by atoms with Crippen molar-refractivity contribution in [1.82, 2.24) is 4.90 Å². The molecule has 0 aromatic rings. The molecule has 0 N–H and O–H groups in total. The highest BCUT2D eigenvalue weighted by Gasteiger charge is 2.38. The number of esters is 1. The van der Waals surface area contributed by atoms with Crippen molar-refractivity contribution >= 4 is 17.8 Å². The molecular formula is C16H23NO5. The van der Waals surface area contributed by atoms with Crippen LogP contribution in [-0.4, -0.2) is 49.0 Å². The second-order valence-electron chi connectivity index (χ2n) is 5.98. The zero-order chi connectivity index (χ0) is 16.0. The first-order chi connectivity index (χ1) is 10.6. The minimum absolute atomic E-state index is 0.0269. The van der Waals surface area contributed by atoms with Gasteiger partial charge in [-0.3, -0.25) is 19.3 Å². The Balaban J connectivity index is 1.52. The predicted octanol–water partition coefficient (Wildman–Crippen LogP) is 1.44. The zero-order valence-corrected chi connectivity index (χ0v) is 13.0. The van der Waals surface area contributed by atoms with E-state index in [0.29, 0.717) is 45.6 Å². The Morgan fingerprint density at radius 3 is 2.45 bits per heavy atom. The Hall–Kier alpha value is -1.69. The number of ether oxygens (including phenoxy) is 2. The van der Waals surface area contributed by atoms with E-state index in [-0.39, 0.29) is 23.2 Å². The Morgan fingerprint density at radius 1 is 1.23 bits per heavy atom. The van der Waals surface area contributed by atoms with E-state index in [1.54, 1.807) is 0 Å². The molecule has 2 heterocycles. The maximum Gasteiger partial charge on any atom is 0.305 e. The topological polar surface area (TPSA) is 72.9 Å². The largest absolute Gasteiger partial charge is 0.465 e. The first-order valence-electron chi connectivity index (χ1n) is 7.83. The van der Waals surface area contributed by atoms with Gasteiger partial charge < -0.3 is 9.47 Å². The number of rotatable bonds is 9. The van der Waals surface area contributed by atoms with Gasteiger partial charge in [0.2, 0.25) is 0 Å². The molecule has 2 amide bonds. The lowest BCUT2D eigenvalue weighted by molar-refractivity contribution is -0.170. The van der Waals surface area contributed by atoms with Crippen LogP contribution in [0.5, 0.6) is 0 Å². The highest BCUT2D eigenvalue weighted by Crippen LogP contribution is 2.31. The van der Waals surface area contributed by atoms with Crippen LogP contribution in [0.4, 0.5) is 0 Å². The van der Waals surface area contributed by atoms with Crippen molar-refractivity contribution in [2.75, 3.05) is 26.4 Å². The number of amides is 2. The summed E-state index contributed by atoms with van der Waals surface area (Å²) >= 11 is 0. The highest BCUT2D eigenvalue weighted by molar-refractivity contribution is 6.12. The minimum atomic E-state index is -0.253. The van der Waals surface area contributed by atoms with E-state index in [2.05, 4.69) is 6.92 Å². The van der Waals surface area contributed by atoms with Gasteiger partial charge in [0.15, 0.2) is 0 Å². The van der Waals surface area contributed by atoms with Gasteiger partial charge in [-0.05, 0) is 19.3 Å². The van der Waals surface area contributed by atoms with Gasteiger partial charge in [-0.25, -0.2) is 0 Å². The average Bonchev–Trinajstić information content (AvgIpc) is 2.78.